The molecule has 1 saturated heterocycles. The maximum atomic E-state index is 4.73. The lowest BCUT2D eigenvalue weighted by Gasteiger charge is -2.19. The van der Waals surface area contributed by atoms with E-state index >= 15 is 0 Å². The molecule has 1 aliphatic rings. The minimum absolute atomic E-state index is 0.889. The summed E-state index contributed by atoms with van der Waals surface area (Å²) in [6.45, 7) is 10.6. The summed E-state index contributed by atoms with van der Waals surface area (Å²) in [6, 6.07) is 2.10. The van der Waals surface area contributed by atoms with Crippen LogP contribution in [0.4, 0.5) is 0 Å². The molecule has 0 spiro atoms. The second-order valence-corrected chi connectivity index (χ2v) is 6.85. The van der Waals surface area contributed by atoms with Gasteiger partial charge in [-0.05, 0) is 76.4 Å². The van der Waals surface area contributed by atoms with Gasteiger partial charge >= 0.3 is 0 Å². The van der Waals surface area contributed by atoms with Crippen molar-refractivity contribution in [3.63, 3.8) is 0 Å². The van der Waals surface area contributed by atoms with E-state index in [-0.39, 0.29) is 0 Å². The van der Waals surface area contributed by atoms with Crippen LogP contribution in [0.3, 0.4) is 0 Å². The predicted octanol–water partition coefficient (Wildman–Crippen LogP) is 2.75. The maximum absolute atomic E-state index is 4.73. The molecule has 1 aromatic heterocycles. The molecule has 5 nitrogen and oxygen atoms in total. The molecule has 140 valence electrons. The molecule has 0 amide bonds. The van der Waals surface area contributed by atoms with Crippen LogP contribution in [0.5, 0.6) is 0 Å². The number of aryl methyl sites for hydroxylation is 1. The fourth-order valence-corrected chi connectivity index (χ4v) is 3.28. The van der Waals surface area contributed by atoms with Gasteiger partial charge < -0.3 is 15.5 Å². The zero-order chi connectivity index (χ0) is 17.7. The summed E-state index contributed by atoms with van der Waals surface area (Å²) in [7, 11) is 0. The molecule has 2 rings (SSSR count). The number of pyridine rings is 1. The van der Waals surface area contributed by atoms with Gasteiger partial charge in [0.2, 0.25) is 0 Å². The predicted molar refractivity (Wildman–Crippen MR) is 106 cm³/mol. The number of rotatable bonds is 8. The highest BCUT2D eigenvalue weighted by Crippen LogP contribution is 2.09. The zero-order valence-electron chi connectivity index (χ0n) is 16.1. The minimum Gasteiger partial charge on any atom is -0.357 e. The smallest absolute Gasteiger partial charge is 0.191 e. The van der Waals surface area contributed by atoms with E-state index in [0.29, 0.717) is 0 Å². The van der Waals surface area contributed by atoms with Crippen molar-refractivity contribution < 1.29 is 0 Å². The van der Waals surface area contributed by atoms with Crippen LogP contribution >= 0.6 is 0 Å². The number of aliphatic imine (C=N–C) groups is 1. The molecule has 1 fully saturated rings. The summed E-state index contributed by atoms with van der Waals surface area (Å²) in [5.74, 6) is 0.935. The molecular formula is C20H35N5. The molecular weight excluding hydrogens is 310 g/mol. The van der Waals surface area contributed by atoms with E-state index in [1.165, 1.54) is 56.4 Å². The average molecular weight is 346 g/mol. The lowest BCUT2D eigenvalue weighted by molar-refractivity contribution is 0.283. The first-order valence-corrected chi connectivity index (χ1v) is 9.93. The van der Waals surface area contributed by atoms with Gasteiger partial charge in [0, 0.05) is 32.0 Å². The first-order chi connectivity index (χ1) is 12.3. The third-order valence-electron chi connectivity index (χ3n) is 4.77. The van der Waals surface area contributed by atoms with E-state index in [1.807, 2.05) is 12.4 Å². The van der Waals surface area contributed by atoms with Crippen LogP contribution in [-0.4, -0.2) is 55.1 Å². The molecule has 0 unspecified atom stereocenters. The van der Waals surface area contributed by atoms with Gasteiger partial charge in [-0.25, -0.2) is 0 Å². The van der Waals surface area contributed by atoms with Crippen LogP contribution < -0.4 is 10.6 Å². The van der Waals surface area contributed by atoms with Gasteiger partial charge in [0.15, 0.2) is 5.96 Å². The lowest BCUT2D eigenvalue weighted by atomic mass is 10.1. The molecule has 2 heterocycles. The molecule has 0 atom stereocenters. The van der Waals surface area contributed by atoms with Crippen LogP contribution in [0, 0.1) is 6.92 Å². The van der Waals surface area contributed by atoms with Crippen molar-refractivity contribution in [2.45, 2.75) is 52.4 Å². The number of nitrogens with one attached hydrogen (secondary N) is 2. The highest BCUT2D eigenvalue weighted by molar-refractivity contribution is 5.79. The van der Waals surface area contributed by atoms with Gasteiger partial charge in [0.25, 0.3) is 0 Å². The van der Waals surface area contributed by atoms with Crippen molar-refractivity contribution in [3.8, 4) is 0 Å². The van der Waals surface area contributed by atoms with E-state index in [4.69, 9.17) is 4.99 Å². The molecule has 5 heteroatoms. The first kappa shape index (κ1) is 19.7. The van der Waals surface area contributed by atoms with Crippen LogP contribution in [0.2, 0.25) is 0 Å². The molecule has 25 heavy (non-hydrogen) atoms. The summed E-state index contributed by atoms with van der Waals surface area (Å²) >= 11 is 0. The van der Waals surface area contributed by atoms with Crippen LogP contribution in [-0.2, 0) is 6.42 Å². The van der Waals surface area contributed by atoms with E-state index < -0.39 is 0 Å². The second-order valence-electron chi connectivity index (χ2n) is 6.85. The van der Waals surface area contributed by atoms with E-state index in [9.17, 15) is 0 Å². The maximum Gasteiger partial charge on any atom is 0.191 e. The SMILES string of the molecule is CCNC(=NCCCN1CCCCCC1)NCCc1ccncc1C. The Morgan fingerprint density at radius 1 is 1.20 bits per heavy atom. The van der Waals surface area contributed by atoms with Crippen molar-refractivity contribution in [1.29, 1.82) is 0 Å². The Bertz CT molecular complexity index is 507. The summed E-state index contributed by atoms with van der Waals surface area (Å²) in [6.07, 6.45) is 11.5. The Morgan fingerprint density at radius 3 is 2.72 bits per heavy atom. The van der Waals surface area contributed by atoms with E-state index in [2.05, 4.69) is 40.4 Å². The van der Waals surface area contributed by atoms with Gasteiger partial charge in [-0.1, -0.05) is 12.8 Å². The molecule has 1 aromatic rings. The number of aromatic nitrogens is 1. The van der Waals surface area contributed by atoms with E-state index in [0.717, 1.165) is 38.4 Å². The molecule has 0 aromatic carbocycles. The van der Waals surface area contributed by atoms with Crippen LogP contribution in [0.1, 0.15) is 50.2 Å². The number of likely N-dealkylation sites (tertiary alicyclic amines) is 1. The highest BCUT2D eigenvalue weighted by Gasteiger charge is 2.08. The number of guanidine groups is 1. The molecule has 0 aliphatic carbocycles. The highest BCUT2D eigenvalue weighted by atomic mass is 15.2. The third kappa shape index (κ3) is 7.86. The fourth-order valence-electron chi connectivity index (χ4n) is 3.28. The van der Waals surface area contributed by atoms with Crippen LogP contribution in [0.25, 0.3) is 0 Å². The van der Waals surface area contributed by atoms with Gasteiger partial charge in [-0.3, -0.25) is 9.98 Å². The summed E-state index contributed by atoms with van der Waals surface area (Å²) < 4.78 is 0. The third-order valence-corrected chi connectivity index (χ3v) is 4.77. The molecule has 0 radical (unpaired) electrons. The van der Waals surface area contributed by atoms with Crippen molar-refractivity contribution in [2.75, 3.05) is 39.3 Å². The Morgan fingerprint density at radius 2 is 2.00 bits per heavy atom. The quantitative estimate of drug-likeness (QED) is 0.432. The van der Waals surface area contributed by atoms with Crippen molar-refractivity contribution >= 4 is 5.96 Å². The molecule has 2 N–H and O–H groups in total. The fraction of sp³-hybridized carbons (Fsp3) is 0.700. The van der Waals surface area contributed by atoms with Gasteiger partial charge in [0.05, 0.1) is 0 Å². The van der Waals surface area contributed by atoms with E-state index in [1.54, 1.807) is 0 Å². The average Bonchev–Trinajstić information content (AvgIpc) is 2.89. The lowest BCUT2D eigenvalue weighted by Crippen LogP contribution is -2.38. The number of hydrogen-bond acceptors (Lipinski definition) is 3. The van der Waals surface area contributed by atoms with Gasteiger partial charge in [-0.2, -0.15) is 0 Å². The van der Waals surface area contributed by atoms with Crippen molar-refractivity contribution in [3.05, 3.63) is 29.6 Å². The van der Waals surface area contributed by atoms with Crippen molar-refractivity contribution in [1.82, 2.24) is 20.5 Å². The standard InChI is InChI=1S/C20H35N5/c1-3-22-20(24-13-10-19-9-12-21-17-18(19)2)23-11-8-16-25-14-6-4-5-7-15-25/h9,12,17H,3-8,10-11,13-16H2,1-2H3,(H2,22,23,24). The minimum atomic E-state index is 0.889. The summed E-state index contributed by atoms with van der Waals surface area (Å²) in [5.41, 5.74) is 2.60. The number of nitrogens with zero attached hydrogens (tertiary/aromatic N) is 3. The molecule has 0 saturated carbocycles. The monoisotopic (exact) mass is 345 g/mol. The van der Waals surface area contributed by atoms with Gasteiger partial charge in [0.1, 0.15) is 0 Å². The molecule has 1 aliphatic heterocycles. The Balaban J connectivity index is 1.69. The summed E-state index contributed by atoms with van der Waals surface area (Å²) in [5, 5.41) is 6.79. The topological polar surface area (TPSA) is 52.6 Å². The Hall–Kier alpha value is -1.62. The van der Waals surface area contributed by atoms with Gasteiger partial charge in [-0.15, -0.1) is 0 Å². The zero-order valence-corrected chi connectivity index (χ0v) is 16.1. The normalized spacial score (nSPS) is 16.5. The largest absolute Gasteiger partial charge is 0.357 e. The molecule has 0 bridgehead atoms. The van der Waals surface area contributed by atoms with Crippen LogP contribution in [0.15, 0.2) is 23.5 Å². The number of hydrogen-bond donors (Lipinski definition) is 2. The second kappa shape index (κ2) is 11.9. The Labute approximate surface area is 153 Å². The first-order valence-electron chi connectivity index (χ1n) is 9.93. The van der Waals surface area contributed by atoms with Crippen molar-refractivity contribution in [2.24, 2.45) is 4.99 Å². The summed E-state index contributed by atoms with van der Waals surface area (Å²) in [4.78, 5) is 11.5. The Kier molecular flexibility index (Phi) is 9.34.